The lowest BCUT2D eigenvalue weighted by Crippen LogP contribution is -2.11. The molecule has 0 unspecified atom stereocenters. The zero-order valence-electron chi connectivity index (χ0n) is 9.81. The van der Waals surface area contributed by atoms with Gasteiger partial charge >= 0.3 is 0 Å². The Hall–Kier alpha value is -2.36. The highest BCUT2D eigenvalue weighted by atomic mass is 16.1. The van der Waals surface area contributed by atoms with Crippen LogP contribution in [0.4, 0.5) is 0 Å². The first-order chi connectivity index (χ1) is 8.74. The molecule has 1 amide bonds. The molecule has 4 nitrogen and oxygen atoms in total. The van der Waals surface area contributed by atoms with E-state index in [1.807, 2.05) is 18.3 Å². The van der Waals surface area contributed by atoms with Crippen molar-refractivity contribution in [3.63, 3.8) is 0 Å². The van der Waals surface area contributed by atoms with Gasteiger partial charge in [-0.05, 0) is 24.1 Å². The van der Waals surface area contributed by atoms with E-state index < -0.39 is 0 Å². The molecule has 18 heavy (non-hydrogen) atoms. The third-order valence-electron chi connectivity index (χ3n) is 3.12. The summed E-state index contributed by atoms with van der Waals surface area (Å²) in [7, 11) is 0. The molecule has 3 aromatic rings. The molecular formula is C14H13N3O. The van der Waals surface area contributed by atoms with Crippen LogP contribution >= 0.6 is 0 Å². The number of fused-ring (bicyclic) bond motifs is 3. The molecule has 0 saturated carbocycles. The highest BCUT2D eigenvalue weighted by molar-refractivity contribution is 6.06. The minimum atomic E-state index is -0.268. The van der Waals surface area contributed by atoms with Crippen LogP contribution < -0.4 is 5.73 Å². The summed E-state index contributed by atoms with van der Waals surface area (Å²) >= 11 is 0. The van der Waals surface area contributed by atoms with Crippen LogP contribution in [0.15, 0.2) is 36.7 Å². The molecule has 0 atom stereocenters. The van der Waals surface area contributed by atoms with Crippen molar-refractivity contribution < 1.29 is 4.79 Å². The van der Waals surface area contributed by atoms with Crippen LogP contribution in [0.3, 0.4) is 0 Å². The molecule has 90 valence electrons. The van der Waals surface area contributed by atoms with Crippen molar-refractivity contribution in [2.24, 2.45) is 5.73 Å². The van der Waals surface area contributed by atoms with Crippen molar-refractivity contribution in [2.75, 3.05) is 0 Å². The normalized spacial score (nSPS) is 11.1. The molecule has 0 aliphatic rings. The predicted molar refractivity (Wildman–Crippen MR) is 71.1 cm³/mol. The quantitative estimate of drug-likeness (QED) is 0.735. The molecule has 0 saturated heterocycles. The van der Waals surface area contributed by atoms with E-state index in [0.29, 0.717) is 12.8 Å². The fourth-order valence-electron chi connectivity index (χ4n) is 2.22. The van der Waals surface area contributed by atoms with Gasteiger partial charge in [-0.25, -0.2) is 0 Å². The van der Waals surface area contributed by atoms with Crippen LogP contribution in [0.1, 0.15) is 12.0 Å². The van der Waals surface area contributed by atoms with E-state index in [9.17, 15) is 4.79 Å². The molecular weight excluding hydrogens is 226 g/mol. The van der Waals surface area contributed by atoms with E-state index in [1.165, 1.54) is 0 Å². The zero-order chi connectivity index (χ0) is 12.5. The lowest BCUT2D eigenvalue weighted by Gasteiger charge is -1.99. The average molecular weight is 239 g/mol. The number of nitrogens with two attached hydrogens (primary N) is 1. The first kappa shape index (κ1) is 10.8. The molecule has 3 rings (SSSR count). The number of carbonyl (C=O) groups is 1. The standard InChI is InChI=1S/C14H13N3O/c15-14(18)4-2-9-1-3-10-11-8-16-6-5-12(11)17-13(10)7-9/h1,3,5-8,17H,2,4H2,(H2,15,18). The number of hydrogen-bond donors (Lipinski definition) is 2. The number of rotatable bonds is 3. The maximum atomic E-state index is 10.8. The van der Waals surface area contributed by atoms with E-state index in [4.69, 9.17) is 5.73 Å². The van der Waals surface area contributed by atoms with Crippen molar-refractivity contribution in [2.45, 2.75) is 12.8 Å². The highest BCUT2D eigenvalue weighted by Crippen LogP contribution is 2.25. The molecule has 0 aliphatic carbocycles. The molecule has 0 spiro atoms. The monoisotopic (exact) mass is 239 g/mol. The van der Waals surface area contributed by atoms with Gasteiger partial charge < -0.3 is 10.7 Å². The number of pyridine rings is 1. The number of hydrogen-bond acceptors (Lipinski definition) is 2. The first-order valence-corrected chi connectivity index (χ1v) is 5.87. The lowest BCUT2D eigenvalue weighted by molar-refractivity contribution is -0.117. The van der Waals surface area contributed by atoms with Crippen molar-refractivity contribution in [3.05, 3.63) is 42.2 Å². The Bertz CT molecular complexity index is 730. The highest BCUT2D eigenvalue weighted by Gasteiger charge is 2.05. The van der Waals surface area contributed by atoms with Gasteiger partial charge in [-0.15, -0.1) is 0 Å². The number of carbonyl (C=O) groups excluding carboxylic acids is 1. The van der Waals surface area contributed by atoms with Gasteiger partial charge in [0.2, 0.25) is 5.91 Å². The number of nitrogens with one attached hydrogen (secondary N) is 1. The molecule has 4 heteroatoms. The maximum Gasteiger partial charge on any atom is 0.217 e. The fraction of sp³-hybridized carbons (Fsp3) is 0.143. The van der Waals surface area contributed by atoms with Gasteiger partial charge in [-0.3, -0.25) is 9.78 Å². The smallest absolute Gasteiger partial charge is 0.217 e. The molecule has 2 aromatic heterocycles. The Balaban J connectivity index is 2.07. The Kier molecular flexibility index (Phi) is 2.48. The minimum Gasteiger partial charge on any atom is -0.370 e. The van der Waals surface area contributed by atoms with Crippen molar-refractivity contribution >= 4 is 27.7 Å². The van der Waals surface area contributed by atoms with Gasteiger partial charge in [-0.1, -0.05) is 12.1 Å². The van der Waals surface area contributed by atoms with Gasteiger partial charge in [0.15, 0.2) is 0 Å². The SMILES string of the molecule is NC(=O)CCc1ccc2c(c1)[nH]c1ccncc12. The largest absolute Gasteiger partial charge is 0.370 e. The molecule has 3 N–H and O–H groups in total. The Morgan fingerprint density at radius 3 is 2.94 bits per heavy atom. The summed E-state index contributed by atoms with van der Waals surface area (Å²) < 4.78 is 0. The maximum absolute atomic E-state index is 10.8. The molecule has 0 radical (unpaired) electrons. The van der Waals surface area contributed by atoms with Crippen LogP contribution in [-0.4, -0.2) is 15.9 Å². The zero-order valence-corrected chi connectivity index (χ0v) is 9.81. The number of nitrogens with zero attached hydrogens (tertiary/aromatic N) is 1. The van der Waals surface area contributed by atoms with Crippen LogP contribution in [0, 0.1) is 0 Å². The number of amides is 1. The molecule has 1 aromatic carbocycles. The van der Waals surface area contributed by atoms with E-state index in [-0.39, 0.29) is 5.91 Å². The van der Waals surface area contributed by atoms with Crippen molar-refractivity contribution in [1.29, 1.82) is 0 Å². The topological polar surface area (TPSA) is 71.8 Å². The number of primary amides is 1. The van der Waals surface area contributed by atoms with Gasteiger partial charge in [0.1, 0.15) is 0 Å². The van der Waals surface area contributed by atoms with Crippen LogP contribution in [-0.2, 0) is 11.2 Å². The van der Waals surface area contributed by atoms with E-state index in [0.717, 1.165) is 27.4 Å². The second kappa shape index (κ2) is 4.14. The first-order valence-electron chi connectivity index (χ1n) is 5.87. The number of aromatic nitrogens is 2. The van der Waals surface area contributed by atoms with Crippen molar-refractivity contribution in [3.8, 4) is 0 Å². The molecule has 0 bridgehead atoms. The predicted octanol–water partition coefficient (Wildman–Crippen LogP) is 2.13. The van der Waals surface area contributed by atoms with E-state index >= 15 is 0 Å². The summed E-state index contributed by atoms with van der Waals surface area (Å²) in [5.74, 6) is -0.268. The fourth-order valence-corrected chi connectivity index (χ4v) is 2.22. The van der Waals surface area contributed by atoms with Crippen LogP contribution in [0.2, 0.25) is 0 Å². The summed E-state index contributed by atoms with van der Waals surface area (Å²) in [4.78, 5) is 18.3. The van der Waals surface area contributed by atoms with Gasteiger partial charge in [0, 0.05) is 40.6 Å². The molecule has 0 aliphatic heterocycles. The average Bonchev–Trinajstić information content (AvgIpc) is 2.73. The second-order valence-electron chi connectivity index (χ2n) is 4.39. The number of H-pyrrole nitrogens is 1. The molecule has 2 heterocycles. The van der Waals surface area contributed by atoms with Crippen LogP contribution in [0.25, 0.3) is 21.8 Å². The lowest BCUT2D eigenvalue weighted by atomic mass is 10.1. The van der Waals surface area contributed by atoms with E-state index in [2.05, 4.69) is 22.1 Å². The third-order valence-corrected chi connectivity index (χ3v) is 3.12. The third kappa shape index (κ3) is 1.82. The van der Waals surface area contributed by atoms with E-state index in [1.54, 1.807) is 6.20 Å². The van der Waals surface area contributed by atoms with Gasteiger partial charge in [0.05, 0.1) is 0 Å². The number of aromatic amines is 1. The second-order valence-corrected chi connectivity index (χ2v) is 4.39. The summed E-state index contributed by atoms with van der Waals surface area (Å²) in [6.07, 6.45) is 4.69. The number of aryl methyl sites for hydroxylation is 1. The van der Waals surface area contributed by atoms with Gasteiger partial charge in [0.25, 0.3) is 0 Å². The summed E-state index contributed by atoms with van der Waals surface area (Å²) in [6.45, 7) is 0. The minimum absolute atomic E-state index is 0.268. The number of benzene rings is 1. The van der Waals surface area contributed by atoms with Crippen LogP contribution in [0.5, 0.6) is 0 Å². The summed E-state index contributed by atoms with van der Waals surface area (Å²) in [5.41, 5.74) is 8.42. The molecule has 0 fully saturated rings. The summed E-state index contributed by atoms with van der Waals surface area (Å²) in [6, 6.07) is 8.12. The Morgan fingerprint density at radius 1 is 1.22 bits per heavy atom. The van der Waals surface area contributed by atoms with Crippen molar-refractivity contribution in [1.82, 2.24) is 9.97 Å². The Labute approximate surface area is 104 Å². The van der Waals surface area contributed by atoms with Gasteiger partial charge in [-0.2, -0.15) is 0 Å². The Morgan fingerprint density at radius 2 is 2.11 bits per heavy atom. The summed E-state index contributed by atoms with van der Waals surface area (Å²) in [5, 5.41) is 2.27.